The average molecular weight is 268 g/mol. The molecule has 0 aliphatic carbocycles. The standard InChI is InChI=1S/C13H20N2O2S/c1-7(13(16)17)11-5-15(6-11)9(3)12-8(2)14-10(4)18-12/h7,9,11H,5-6H2,1-4H3,(H,16,17). The number of aromatic nitrogens is 1. The first-order chi connectivity index (χ1) is 8.40. The molecule has 1 aromatic rings. The van der Waals surface area contributed by atoms with Gasteiger partial charge < -0.3 is 5.11 Å². The Morgan fingerprint density at radius 1 is 1.44 bits per heavy atom. The molecule has 18 heavy (non-hydrogen) atoms. The molecular formula is C13H20N2O2S. The zero-order valence-corrected chi connectivity index (χ0v) is 12.1. The summed E-state index contributed by atoms with van der Waals surface area (Å²) in [5.41, 5.74) is 1.11. The van der Waals surface area contributed by atoms with Gasteiger partial charge in [0.05, 0.1) is 16.6 Å². The maximum atomic E-state index is 10.9. The van der Waals surface area contributed by atoms with E-state index in [9.17, 15) is 4.79 Å². The fraction of sp³-hybridized carbons (Fsp3) is 0.692. The van der Waals surface area contributed by atoms with Crippen LogP contribution >= 0.6 is 11.3 Å². The first kappa shape index (κ1) is 13.5. The van der Waals surface area contributed by atoms with E-state index in [0.29, 0.717) is 12.0 Å². The molecule has 2 heterocycles. The van der Waals surface area contributed by atoms with Crippen LogP contribution in [0.15, 0.2) is 0 Å². The number of likely N-dealkylation sites (tertiary alicyclic amines) is 1. The molecule has 1 N–H and O–H groups in total. The number of aliphatic carboxylic acids is 1. The van der Waals surface area contributed by atoms with Crippen LogP contribution in [-0.2, 0) is 4.79 Å². The van der Waals surface area contributed by atoms with Crippen LogP contribution in [0, 0.1) is 25.7 Å². The normalized spacial score (nSPS) is 20.4. The third-order valence-corrected chi connectivity index (χ3v) is 5.14. The van der Waals surface area contributed by atoms with Crippen molar-refractivity contribution < 1.29 is 9.90 Å². The molecule has 100 valence electrons. The molecule has 1 aromatic heterocycles. The Kier molecular flexibility index (Phi) is 3.73. The lowest BCUT2D eigenvalue weighted by atomic mass is 9.86. The maximum absolute atomic E-state index is 10.9. The summed E-state index contributed by atoms with van der Waals surface area (Å²) < 4.78 is 0. The smallest absolute Gasteiger partial charge is 0.306 e. The molecule has 2 unspecified atom stereocenters. The van der Waals surface area contributed by atoms with Crippen LogP contribution in [0.2, 0.25) is 0 Å². The molecule has 4 nitrogen and oxygen atoms in total. The quantitative estimate of drug-likeness (QED) is 0.911. The van der Waals surface area contributed by atoms with Gasteiger partial charge in [0.15, 0.2) is 0 Å². The highest BCUT2D eigenvalue weighted by molar-refractivity contribution is 7.11. The summed E-state index contributed by atoms with van der Waals surface area (Å²) in [7, 11) is 0. The van der Waals surface area contributed by atoms with Crippen LogP contribution in [0.1, 0.15) is 35.5 Å². The summed E-state index contributed by atoms with van der Waals surface area (Å²) in [6.45, 7) is 9.82. The highest BCUT2D eigenvalue weighted by atomic mass is 32.1. The van der Waals surface area contributed by atoms with E-state index in [0.717, 1.165) is 23.8 Å². The summed E-state index contributed by atoms with van der Waals surface area (Å²) in [6.07, 6.45) is 0. The minimum Gasteiger partial charge on any atom is -0.481 e. The lowest BCUT2D eigenvalue weighted by molar-refractivity contribution is -0.145. The lowest BCUT2D eigenvalue weighted by Crippen LogP contribution is -2.51. The molecule has 0 aromatic carbocycles. The third kappa shape index (κ3) is 2.42. The monoisotopic (exact) mass is 268 g/mol. The van der Waals surface area contributed by atoms with Gasteiger partial charge in [-0.05, 0) is 26.7 Å². The van der Waals surface area contributed by atoms with E-state index in [1.807, 2.05) is 13.8 Å². The molecule has 5 heteroatoms. The van der Waals surface area contributed by atoms with Gasteiger partial charge in [-0.15, -0.1) is 11.3 Å². The largest absolute Gasteiger partial charge is 0.481 e. The fourth-order valence-electron chi connectivity index (χ4n) is 2.48. The second-order valence-corrected chi connectivity index (χ2v) is 6.43. The summed E-state index contributed by atoms with van der Waals surface area (Å²) in [4.78, 5) is 19.0. The first-order valence-electron chi connectivity index (χ1n) is 6.31. The third-order valence-electron chi connectivity index (χ3n) is 3.90. The Balaban J connectivity index is 1.96. The van der Waals surface area contributed by atoms with Crippen LogP contribution in [0.3, 0.4) is 0 Å². The Labute approximate surface area is 112 Å². The van der Waals surface area contributed by atoms with Gasteiger partial charge in [-0.2, -0.15) is 0 Å². The number of carboxylic acids is 1. The van der Waals surface area contributed by atoms with Crippen molar-refractivity contribution in [3.63, 3.8) is 0 Å². The van der Waals surface area contributed by atoms with E-state index in [2.05, 4.69) is 16.8 Å². The average Bonchev–Trinajstić information content (AvgIpc) is 2.55. The zero-order valence-electron chi connectivity index (χ0n) is 11.3. The van der Waals surface area contributed by atoms with E-state index in [1.165, 1.54) is 4.88 Å². The van der Waals surface area contributed by atoms with Crippen LogP contribution in [0.4, 0.5) is 0 Å². The molecule has 0 saturated carbocycles. The highest BCUT2D eigenvalue weighted by Crippen LogP contribution is 2.35. The Bertz CT molecular complexity index is 452. The van der Waals surface area contributed by atoms with E-state index >= 15 is 0 Å². The Morgan fingerprint density at radius 3 is 2.50 bits per heavy atom. The van der Waals surface area contributed by atoms with Gasteiger partial charge in [-0.1, -0.05) is 6.92 Å². The molecule has 1 aliphatic heterocycles. The Morgan fingerprint density at radius 2 is 2.06 bits per heavy atom. The number of aryl methyl sites for hydroxylation is 2. The van der Waals surface area contributed by atoms with Crippen LogP contribution in [-0.4, -0.2) is 34.0 Å². The van der Waals surface area contributed by atoms with Crippen molar-refractivity contribution in [2.45, 2.75) is 33.7 Å². The molecule has 0 radical (unpaired) electrons. The molecule has 1 fully saturated rings. The highest BCUT2D eigenvalue weighted by Gasteiger charge is 2.37. The van der Waals surface area contributed by atoms with Gasteiger partial charge in [0.2, 0.25) is 0 Å². The molecule has 0 amide bonds. The number of rotatable bonds is 4. The van der Waals surface area contributed by atoms with E-state index in [4.69, 9.17) is 5.11 Å². The van der Waals surface area contributed by atoms with Crippen molar-refractivity contribution in [2.75, 3.05) is 13.1 Å². The van der Waals surface area contributed by atoms with Crippen molar-refractivity contribution in [1.29, 1.82) is 0 Å². The van der Waals surface area contributed by atoms with E-state index in [-0.39, 0.29) is 5.92 Å². The second-order valence-electron chi connectivity index (χ2n) is 5.20. The summed E-state index contributed by atoms with van der Waals surface area (Å²) in [5, 5.41) is 10.1. The number of hydrogen-bond donors (Lipinski definition) is 1. The molecule has 2 atom stereocenters. The van der Waals surface area contributed by atoms with E-state index < -0.39 is 5.97 Å². The van der Waals surface area contributed by atoms with Gasteiger partial charge in [0.1, 0.15) is 0 Å². The minimum atomic E-state index is -0.683. The van der Waals surface area contributed by atoms with Crippen molar-refractivity contribution in [3.05, 3.63) is 15.6 Å². The minimum absolute atomic E-state index is 0.238. The van der Waals surface area contributed by atoms with Crippen LogP contribution in [0.5, 0.6) is 0 Å². The molecule has 0 spiro atoms. The van der Waals surface area contributed by atoms with Gasteiger partial charge in [0, 0.05) is 24.0 Å². The maximum Gasteiger partial charge on any atom is 0.306 e. The molecular weight excluding hydrogens is 248 g/mol. The number of nitrogens with zero attached hydrogens (tertiary/aromatic N) is 2. The topological polar surface area (TPSA) is 53.4 Å². The summed E-state index contributed by atoms with van der Waals surface area (Å²) in [5.74, 6) is -0.630. The Hall–Kier alpha value is -0.940. The SMILES string of the molecule is Cc1nc(C)c(C(C)N2CC(C(C)C(=O)O)C2)s1. The number of hydrogen-bond acceptors (Lipinski definition) is 4. The first-order valence-corrected chi connectivity index (χ1v) is 7.12. The fourth-order valence-corrected chi connectivity index (χ4v) is 3.50. The van der Waals surface area contributed by atoms with Gasteiger partial charge in [0.25, 0.3) is 0 Å². The predicted molar refractivity (Wildman–Crippen MR) is 71.9 cm³/mol. The molecule has 0 bridgehead atoms. The zero-order chi connectivity index (χ0) is 13.4. The molecule has 1 aliphatic rings. The van der Waals surface area contributed by atoms with Crippen molar-refractivity contribution in [2.24, 2.45) is 11.8 Å². The summed E-state index contributed by atoms with van der Waals surface area (Å²) in [6, 6.07) is 0.355. The predicted octanol–water partition coefficient (Wildman–Crippen LogP) is 2.47. The summed E-state index contributed by atoms with van der Waals surface area (Å²) >= 11 is 1.75. The number of thiazole rings is 1. The van der Waals surface area contributed by atoms with Gasteiger partial charge >= 0.3 is 5.97 Å². The lowest BCUT2D eigenvalue weighted by Gasteiger charge is -2.44. The van der Waals surface area contributed by atoms with Gasteiger partial charge in [-0.3, -0.25) is 9.69 Å². The second kappa shape index (κ2) is 4.97. The van der Waals surface area contributed by atoms with Gasteiger partial charge in [-0.25, -0.2) is 4.98 Å². The van der Waals surface area contributed by atoms with Crippen molar-refractivity contribution in [3.8, 4) is 0 Å². The van der Waals surface area contributed by atoms with Crippen molar-refractivity contribution >= 4 is 17.3 Å². The molecule has 2 rings (SSSR count). The van der Waals surface area contributed by atoms with Crippen LogP contribution in [0.25, 0.3) is 0 Å². The number of carboxylic acid groups (broad SMARTS) is 1. The number of carbonyl (C=O) groups is 1. The van der Waals surface area contributed by atoms with Crippen LogP contribution < -0.4 is 0 Å². The van der Waals surface area contributed by atoms with Crippen molar-refractivity contribution in [1.82, 2.24) is 9.88 Å². The van der Waals surface area contributed by atoms with E-state index in [1.54, 1.807) is 18.3 Å². The molecule has 1 saturated heterocycles.